The summed E-state index contributed by atoms with van der Waals surface area (Å²) in [6.07, 6.45) is 0.234. The molecular formula is C10H17N3O2. The predicted molar refractivity (Wildman–Crippen MR) is 55.2 cm³/mol. The molecule has 0 atom stereocenters. The van der Waals surface area contributed by atoms with Crippen LogP contribution >= 0.6 is 0 Å². The van der Waals surface area contributed by atoms with Crippen molar-refractivity contribution in [1.82, 2.24) is 15.0 Å². The van der Waals surface area contributed by atoms with Crippen molar-refractivity contribution in [1.29, 1.82) is 0 Å². The van der Waals surface area contributed by atoms with E-state index in [1.54, 1.807) is 0 Å². The molecule has 0 spiro atoms. The third-order valence-electron chi connectivity index (χ3n) is 1.94. The molecule has 5 nitrogen and oxygen atoms in total. The summed E-state index contributed by atoms with van der Waals surface area (Å²) in [5.74, 6) is 1.15. The van der Waals surface area contributed by atoms with Crippen LogP contribution in [0.5, 0.6) is 0 Å². The Kier molecular flexibility index (Phi) is 3.96. The summed E-state index contributed by atoms with van der Waals surface area (Å²) in [6.45, 7) is 4.35. The van der Waals surface area contributed by atoms with Gasteiger partial charge in [0.1, 0.15) is 5.78 Å². The van der Waals surface area contributed by atoms with Gasteiger partial charge in [-0.3, -0.25) is 4.79 Å². The summed E-state index contributed by atoms with van der Waals surface area (Å²) in [7, 11) is 3.85. The van der Waals surface area contributed by atoms with Crippen molar-refractivity contribution in [2.75, 3.05) is 14.1 Å². The summed E-state index contributed by atoms with van der Waals surface area (Å²) in [6, 6.07) is 0. The second kappa shape index (κ2) is 5.02. The van der Waals surface area contributed by atoms with Crippen molar-refractivity contribution in [3.05, 3.63) is 11.7 Å². The van der Waals surface area contributed by atoms with Crippen molar-refractivity contribution in [2.24, 2.45) is 5.92 Å². The van der Waals surface area contributed by atoms with Gasteiger partial charge in [-0.15, -0.1) is 0 Å². The van der Waals surface area contributed by atoms with Gasteiger partial charge in [-0.05, 0) is 14.1 Å². The van der Waals surface area contributed by atoms with E-state index in [4.69, 9.17) is 4.52 Å². The zero-order chi connectivity index (χ0) is 11.4. The SMILES string of the molecule is CC(C)C(=O)Cc1nc(CN(C)C)no1. The molecule has 0 saturated carbocycles. The molecule has 0 fully saturated rings. The first-order valence-electron chi connectivity index (χ1n) is 4.98. The van der Waals surface area contributed by atoms with Crippen LogP contribution in [0.4, 0.5) is 0 Å². The van der Waals surface area contributed by atoms with Gasteiger partial charge in [0.25, 0.3) is 0 Å². The number of rotatable bonds is 5. The quantitative estimate of drug-likeness (QED) is 0.724. The van der Waals surface area contributed by atoms with Gasteiger partial charge in [-0.2, -0.15) is 4.98 Å². The maximum Gasteiger partial charge on any atom is 0.234 e. The largest absolute Gasteiger partial charge is 0.339 e. The first-order chi connectivity index (χ1) is 6.99. The zero-order valence-corrected chi connectivity index (χ0v) is 9.65. The lowest BCUT2D eigenvalue weighted by molar-refractivity contribution is -0.121. The number of nitrogens with zero attached hydrogens (tertiary/aromatic N) is 3. The molecule has 0 amide bonds. The molecule has 1 heterocycles. The van der Waals surface area contributed by atoms with Gasteiger partial charge >= 0.3 is 0 Å². The Hall–Kier alpha value is -1.23. The van der Waals surface area contributed by atoms with Gasteiger partial charge in [0.05, 0.1) is 13.0 Å². The summed E-state index contributed by atoms with van der Waals surface area (Å²) in [4.78, 5) is 17.5. The molecule has 0 radical (unpaired) electrons. The number of aromatic nitrogens is 2. The summed E-state index contributed by atoms with van der Waals surface area (Å²) < 4.78 is 4.98. The monoisotopic (exact) mass is 211 g/mol. The van der Waals surface area contributed by atoms with E-state index in [1.807, 2.05) is 32.8 Å². The molecule has 0 N–H and O–H groups in total. The lowest BCUT2D eigenvalue weighted by Gasteiger charge is -2.03. The van der Waals surface area contributed by atoms with Crippen LogP contribution in [0.1, 0.15) is 25.6 Å². The molecule has 0 aromatic carbocycles. The third kappa shape index (κ3) is 3.79. The molecule has 0 aliphatic heterocycles. The van der Waals surface area contributed by atoms with E-state index in [1.165, 1.54) is 0 Å². The standard InChI is InChI=1S/C10H17N3O2/c1-7(2)8(14)5-10-11-9(12-15-10)6-13(3)4/h7H,5-6H2,1-4H3. The van der Waals surface area contributed by atoms with Gasteiger partial charge in [0.2, 0.25) is 5.89 Å². The Bertz CT molecular complexity index is 331. The highest BCUT2D eigenvalue weighted by molar-refractivity contribution is 5.81. The van der Waals surface area contributed by atoms with Gasteiger partial charge in [-0.1, -0.05) is 19.0 Å². The van der Waals surface area contributed by atoms with E-state index in [2.05, 4.69) is 10.1 Å². The number of hydrogen-bond acceptors (Lipinski definition) is 5. The Balaban J connectivity index is 2.56. The Morgan fingerprint density at radius 2 is 2.13 bits per heavy atom. The molecule has 0 unspecified atom stereocenters. The molecule has 1 aromatic rings. The first-order valence-corrected chi connectivity index (χ1v) is 4.98. The molecule has 0 bridgehead atoms. The molecule has 0 aliphatic carbocycles. The smallest absolute Gasteiger partial charge is 0.234 e. The highest BCUT2D eigenvalue weighted by Crippen LogP contribution is 2.04. The fraction of sp³-hybridized carbons (Fsp3) is 0.700. The van der Waals surface area contributed by atoms with Crippen LogP contribution in [0.15, 0.2) is 4.52 Å². The van der Waals surface area contributed by atoms with Crippen molar-refractivity contribution in [3.8, 4) is 0 Å². The summed E-state index contributed by atoms with van der Waals surface area (Å²) >= 11 is 0. The third-order valence-corrected chi connectivity index (χ3v) is 1.94. The van der Waals surface area contributed by atoms with Crippen LogP contribution in [0.3, 0.4) is 0 Å². The zero-order valence-electron chi connectivity index (χ0n) is 9.65. The Morgan fingerprint density at radius 3 is 2.67 bits per heavy atom. The van der Waals surface area contributed by atoms with Crippen molar-refractivity contribution in [3.63, 3.8) is 0 Å². The van der Waals surface area contributed by atoms with Crippen molar-refractivity contribution in [2.45, 2.75) is 26.8 Å². The summed E-state index contributed by atoms with van der Waals surface area (Å²) in [5.41, 5.74) is 0. The average molecular weight is 211 g/mol. The molecule has 1 rings (SSSR count). The fourth-order valence-electron chi connectivity index (χ4n) is 1.06. The van der Waals surface area contributed by atoms with Crippen LogP contribution < -0.4 is 0 Å². The van der Waals surface area contributed by atoms with Gasteiger partial charge in [-0.25, -0.2) is 0 Å². The minimum Gasteiger partial charge on any atom is -0.339 e. The van der Waals surface area contributed by atoms with E-state index < -0.39 is 0 Å². The molecule has 84 valence electrons. The second-order valence-electron chi connectivity index (χ2n) is 4.14. The normalized spacial score (nSPS) is 11.3. The molecule has 0 saturated heterocycles. The lowest BCUT2D eigenvalue weighted by Crippen LogP contribution is -2.12. The lowest BCUT2D eigenvalue weighted by atomic mass is 10.1. The minimum atomic E-state index is 0.00852. The molecule has 5 heteroatoms. The van der Waals surface area contributed by atoms with Crippen LogP contribution in [0, 0.1) is 5.92 Å². The fourth-order valence-corrected chi connectivity index (χ4v) is 1.06. The van der Waals surface area contributed by atoms with E-state index >= 15 is 0 Å². The van der Waals surface area contributed by atoms with Crippen molar-refractivity contribution >= 4 is 5.78 Å². The summed E-state index contributed by atoms with van der Waals surface area (Å²) in [5, 5.41) is 3.79. The van der Waals surface area contributed by atoms with Crippen LogP contribution in [0.2, 0.25) is 0 Å². The predicted octanol–water partition coefficient (Wildman–Crippen LogP) is 0.899. The van der Waals surface area contributed by atoms with Crippen LogP contribution in [0.25, 0.3) is 0 Å². The number of ketones is 1. The van der Waals surface area contributed by atoms with E-state index in [-0.39, 0.29) is 18.1 Å². The maximum absolute atomic E-state index is 11.4. The molecule has 1 aromatic heterocycles. The van der Waals surface area contributed by atoms with E-state index in [0.29, 0.717) is 18.3 Å². The average Bonchev–Trinajstić information content (AvgIpc) is 2.51. The molecular weight excluding hydrogens is 194 g/mol. The highest BCUT2D eigenvalue weighted by Gasteiger charge is 2.14. The topological polar surface area (TPSA) is 59.2 Å². The van der Waals surface area contributed by atoms with Crippen LogP contribution in [-0.2, 0) is 17.8 Å². The number of carbonyl (C=O) groups is 1. The number of carbonyl (C=O) groups excluding carboxylic acids is 1. The number of Topliss-reactive ketones (excluding diaryl/α,β-unsaturated/α-hetero) is 1. The van der Waals surface area contributed by atoms with E-state index in [0.717, 1.165) is 0 Å². The minimum absolute atomic E-state index is 0.00852. The Morgan fingerprint density at radius 1 is 1.47 bits per heavy atom. The van der Waals surface area contributed by atoms with Gasteiger partial charge in [0.15, 0.2) is 5.82 Å². The number of hydrogen-bond donors (Lipinski definition) is 0. The first kappa shape index (κ1) is 11.8. The second-order valence-corrected chi connectivity index (χ2v) is 4.14. The Labute approximate surface area is 89.5 Å². The van der Waals surface area contributed by atoms with E-state index in [9.17, 15) is 4.79 Å². The van der Waals surface area contributed by atoms with Crippen LogP contribution in [-0.4, -0.2) is 34.9 Å². The highest BCUT2D eigenvalue weighted by atomic mass is 16.5. The van der Waals surface area contributed by atoms with Crippen molar-refractivity contribution < 1.29 is 9.32 Å². The molecule has 15 heavy (non-hydrogen) atoms. The van der Waals surface area contributed by atoms with Gasteiger partial charge < -0.3 is 9.42 Å². The molecule has 0 aliphatic rings. The van der Waals surface area contributed by atoms with Gasteiger partial charge in [0, 0.05) is 5.92 Å². The maximum atomic E-state index is 11.4.